The first kappa shape index (κ1) is 26.6. The van der Waals surface area contributed by atoms with E-state index in [1.165, 1.54) is 0 Å². The molecule has 10 nitrogen and oxygen atoms in total. The van der Waals surface area contributed by atoms with Crippen LogP contribution in [0, 0.1) is 0 Å². The lowest BCUT2D eigenvalue weighted by Crippen LogP contribution is -2.32. The van der Waals surface area contributed by atoms with Crippen LogP contribution in [0.1, 0.15) is 69.6 Å². The van der Waals surface area contributed by atoms with E-state index in [9.17, 15) is 0 Å². The zero-order valence-corrected chi connectivity index (χ0v) is 22.1. The van der Waals surface area contributed by atoms with E-state index >= 15 is 0 Å². The molecule has 0 amide bonds. The molecule has 0 aliphatic carbocycles. The average Bonchev–Trinajstić information content (AvgIpc) is 3.62. The van der Waals surface area contributed by atoms with Crippen molar-refractivity contribution in [1.29, 1.82) is 0 Å². The summed E-state index contributed by atoms with van der Waals surface area (Å²) in [7, 11) is 3.32. The zero-order valence-electron chi connectivity index (χ0n) is 22.1. The molecule has 0 aliphatic heterocycles. The summed E-state index contributed by atoms with van der Waals surface area (Å²) in [4.78, 5) is 9.69. The van der Waals surface area contributed by atoms with Gasteiger partial charge in [-0.25, -0.2) is 14.8 Å². The molecule has 4 rings (SSSR count). The Morgan fingerprint density at radius 1 is 0.946 bits per heavy atom. The second kappa shape index (κ2) is 12.6. The van der Waals surface area contributed by atoms with Crippen molar-refractivity contribution < 1.29 is 9.47 Å². The molecule has 37 heavy (non-hydrogen) atoms. The van der Waals surface area contributed by atoms with Gasteiger partial charge in [-0.2, -0.15) is 5.10 Å². The summed E-state index contributed by atoms with van der Waals surface area (Å²) in [6, 6.07) is 12.0. The van der Waals surface area contributed by atoms with Crippen LogP contribution in [0.15, 0.2) is 42.6 Å². The molecule has 0 saturated carbocycles. The van der Waals surface area contributed by atoms with E-state index in [2.05, 4.69) is 40.5 Å². The number of nitrogens with zero attached hydrogens (tertiary/aromatic N) is 7. The van der Waals surface area contributed by atoms with Crippen LogP contribution in [0.25, 0.3) is 22.6 Å². The van der Waals surface area contributed by atoms with Crippen molar-refractivity contribution in [3.8, 4) is 22.6 Å². The fourth-order valence-corrected chi connectivity index (χ4v) is 4.41. The van der Waals surface area contributed by atoms with Gasteiger partial charge in [0.2, 0.25) is 11.6 Å². The second-order valence-electron chi connectivity index (χ2n) is 9.07. The van der Waals surface area contributed by atoms with Crippen molar-refractivity contribution in [3.63, 3.8) is 0 Å². The van der Waals surface area contributed by atoms with Crippen molar-refractivity contribution in [2.75, 3.05) is 14.2 Å². The third-order valence-electron chi connectivity index (χ3n) is 6.57. The summed E-state index contributed by atoms with van der Waals surface area (Å²) in [6.45, 7) is 5.15. The van der Waals surface area contributed by atoms with Gasteiger partial charge in [-0.1, -0.05) is 63.4 Å². The number of unbranched alkanes of at least 4 members (excludes halogenated alkanes) is 3. The largest absolute Gasteiger partial charge is 0.347 e. The number of tetrazole rings is 1. The lowest BCUT2D eigenvalue weighted by atomic mass is 10.0. The maximum atomic E-state index is 5.84. The van der Waals surface area contributed by atoms with Gasteiger partial charge in [0.25, 0.3) is 0 Å². The number of H-pyrrole nitrogens is 1. The van der Waals surface area contributed by atoms with Crippen molar-refractivity contribution in [1.82, 2.24) is 40.4 Å². The Bertz CT molecular complexity index is 1230. The number of ether oxygens (including phenoxy) is 2. The highest BCUT2D eigenvalue weighted by atomic mass is 16.7. The molecule has 1 aromatic carbocycles. The monoisotopic (exact) mass is 504 g/mol. The summed E-state index contributed by atoms with van der Waals surface area (Å²) in [6.07, 6.45) is 8.52. The van der Waals surface area contributed by atoms with Crippen LogP contribution >= 0.6 is 0 Å². The van der Waals surface area contributed by atoms with Crippen LogP contribution in [-0.2, 0) is 28.2 Å². The Kier molecular flexibility index (Phi) is 9.08. The van der Waals surface area contributed by atoms with Gasteiger partial charge in [0, 0.05) is 50.9 Å². The Labute approximate surface area is 217 Å². The van der Waals surface area contributed by atoms with Gasteiger partial charge in [0.1, 0.15) is 5.82 Å². The Morgan fingerprint density at radius 3 is 2.38 bits per heavy atom. The first-order valence-electron chi connectivity index (χ1n) is 13.0. The van der Waals surface area contributed by atoms with Gasteiger partial charge < -0.3 is 9.47 Å². The number of benzene rings is 1. The minimum Gasteiger partial charge on any atom is -0.347 e. The van der Waals surface area contributed by atoms with Gasteiger partial charge in [0.05, 0.1) is 5.69 Å². The van der Waals surface area contributed by atoms with Crippen LogP contribution < -0.4 is 0 Å². The first-order chi connectivity index (χ1) is 18.1. The topological polar surface area (TPSA) is 117 Å². The number of pyridine rings is 1. The van der Waals surface area contributed by atoms with E-state index in [4.69, 9.17) is 24.5 Å². The predicted octanol–water partition coefficient (Wildman–Crippen LogP) is 4.94. The number of methoxy groups -OCH3 is 2. The minimum atomic E-state index is -0.942. The quantitative estimate of drug-likeness (QED) is 0.190. The van der Waals surface area contributed by atoms with E-state index in [-0.39, 0.29) is 0 Å². The lowest BCUT2D eigenvalue weighted by molar-refractivity contribution is -0.226. The molecule has 0 spiro atoms. The number of hydrogen-bond donors (Lipinski definition) is 1. The van der Waals surface area contributed by atoms with Crippen molar-refractivity contribution in [2.24, 2.45) is 0 Å². The molecule has 0 radical (unpaired) electrons. The summed E-state index contributed by atoms with van der Waals surface area (Å²) in [5, 5.41) is 19.2. The van der Waals surface area contributed by atoms with Crippen LogP contribution in [0.2, 0.25) is 0 Å². The molecule has 1 N–H and O–H groups in total. The Balaban J connectivity index is 1.61. The third-order valence-corrected chi connectivity index (χ3v) is 6.57. The van der Waals surface area contributed by atoms with Crippen LogP contribution in [-0.4, -0.2) is 54.6 Å². The highest BCUT2D eigenvalue weighted by Gasteiger charge is 2.37. The summed E-state index contributed by atoms with van der Waals surface area (Å²) in [5.74, 6) is 1.12. The molecular weight excluding hydrogens is 468 g/mol. The summed E-state index contributed by atoms with van der Waals surface area (Å²) < 4.78 is 13.7. The highest BCUT2D eigenvalue weighted by Crippen LogP contribution is 2.31. The smallest absolute Gasteiger partial charge is 0.231 e. The molecule has 196 valence electrons. The van der Waals surface area contributed by atoms with Gasteiger partial charge in [0.15, 0.2) is 5.82 Å². The number of aryl methyl sites for hydroxylation is 1. The normalized spacial score (nSPS) is 11.8. The number of aromatic nitrogens is 8. The van der Waals surface area contributed by atoms with Gasteiger partial charge >= 0.3 is 0 Å². The maximum Gasteiger partial charge on any atom is 0.231 e. The SMILES string of the molecule is CCCCCn1nc(C(CCCC)(OC)OC)nc1Cc1ccc(-c2ccccc2-c2nnn[nH]2)nc1. The average molecular weight is 505 g/mol. The lowest BCUT2D eigenvalue weighted by Gasteiger charge is -2.27. The summed E-state index contributed by atoms with van der Waals surface area (Å²) >= 11 is 0. The summed E-state index contributed by atoms with van der Waals surface area (Å²) in [5.41, 5.74) is 3.75. The maximum absolute atomic E-state index is 5.84. The standard InChI is InChI=1S/C27H36N8O2/c1-5-7-11-17-35-24(29-26(32-35)27(36-3,37-4)16-8-6-2)18-20-14-15-23(28-19-20)21-12-9-10-13-22(21)25-30-33-34-31-25/h9-10,12-15,19H,5-8,11,16-18H2,1-4H3,(H,30,31,33,34). The van der Waals surface area contributed by atoms with Crippen LogP contribution in [0.3, 0.4) is 0 Å². The molecule has 3 heterocycles. The van der Waals surface area contributed by atoms with Crippen molar-refractivity contribution in [3.05, 3.63) is 59.8 Å². The predicted molar refractivity (Wildman–Crippen MR) is 140 cm³/mol. The molecule has 4 aromatic rings. The van der Waals surface area contributed by atoms with Gasteiger partial charge in [-0.3, -0.25) is 4.98 Å². The third kappa shape index (κ3) is 6.08. The van der Waals surface area contributed by atoms with Gasteiger partial charge in [-0.05, 0) is 34.9 Å². The molecule has 0 aliphatic rings. The molecule has 0 atom stereocenters. The van der Waals surface area contributed by atoms with E-state index in [0.717, 1.165) is 66.9 Å². The van der Waals surface area contributed by atoms with Gasteiger partial charge in [-0.15, -0.1) is 5.10 Å². The van der Waals surface area contributed by atoms with E-state index in [0.29, 0.717) is 24.5 Å². The van der Waals surface area contributed by atoms with E-state index in [1.807, 2.05) is 41.2 Å². The fraction of sp³-hybridized carbons (Fsp3) is 0.481. The van der Waals surface area contributed by atoms with Crippen molar-refractivity contribution in [2.45, 2.75) is 71.1 Å². The van der Waals surface area contributed by atoms with E-state index in [1.54, 1.807) is 14.2 Å². The Morgan fingerprint density at radius 2 is 1.73 bits per heavy atom. The molecule has 0 unspecified atom stereocenters. The second-order valence-corrected chi connectivity index (χ2v) is 9.07. The molecule has 0 fully saturated rings. The number of rotatable bonds is 14. The van der Waals surface area contributed by atoms with Crippen molar-refractivity contribution >= 4 is 0 Å². The number of hydrogen-bond acceptors (Lipinski definition) is 8. The first-order valence-corrected chi connectivity index (χ1v) is 13.0. The fourth-order valence-electron chi connectivity index (χ4n) is 4.41. The number of nitrogens with one attached hydrogen (secondary N) is 1. The minimum absolute atomic E-state index is 0.580. The van der Waals surface area contributed by atoms with Crippen LogP contribution in [0.5, 0.6) is 0 Å². The number of aromatic amines is 1. The Hall–Kier alpha value is -3.50. The molecular formula is C27H36N8O2. The van der Waals surface area contributed by atoms with E-state index < -0.39 is 5.79 Å². The molecule has 0 saturated heterocycles. The molecule has 10 heteroatoms. The highest BCUT2D eigenvalue weighted by molar-refractivity contribution is 5.78. The molecule has 3 aromatic heterocycles. The zero-order chi connectivity index (χ0) is 26.1. The molecule has 0 bridgehead atoms. The van der Waals surface area contributed by atoms with Crippen LogP contribution in [0.4, 0.5) is 0 Å².